The van der Waals surface area contributed by atoms with Gasteiger partial charge in [-0.05, 0) is 57.7 Å². The molecule has 0 spiro atoms. The number of nitrogens with one attached hydrogen (secondary N) is 1. The summed E-state index contributed by atoms with van der Waals surface area (Å²) in [6, 6.07) is 7.94. The highest BCUT2D eigenvalue weighted by Crippen LogP contribution is 2.37. The minimum Gasteiger partial charge on any atom is -0.492 e. The number of aryl methyl sites for hydroxylation is 1. The molecule has 1 aromatic carbocycles. The minimum absolute atomic E-state index is 0.143. The van der Waals surface area contributed by atoms with Crippen LogP contribution < -0.4 is 15.0 Å². The van der Waals surface area contributed by atoms with Crippen molar-refractivity contribution in [2.24, 2.45) is 0 Å². The van der Waals surface area contributed by atoms with Gasteiger partial charge in [0.1, 0.15) is 22.7 Å². The number of amides is 1. The van der Waals surface area contributed by atoms with Crippen molar-refractivity contribution < 1.29 is 9.53 Å². The molecule has 1 amide bonds. The molecular weight excluding hydrogens is 384 g/mol. The summed E-state index contributed by atoms with van der Waals surface area (Å²) in [5, 5.41) is 4.00. The molecule has 3 aromatic rings. The molecule has 1 aliphatic rings. The van der Waals surface area contributed by atoms with E-state index in [0.29, 0.717) is 29.0 Å². The van der Waals surface area contributed by atoms with Crippen LogP contribution in [0, 0.1) is 6.92 Å². The maximum absolute atomic E-state index is 13.1. The number of hydrogen-bond acceptors (Lipinski definition) is 6. The molecule has 1 fully saturated rings. The molecule has 1 N–H and O–H groups in total. The van der Waals surface area contributed by atoms with E-state index in [-0.39, 0.29) is 5.91 Å². The number of piperidine rings is 1. The van der Waals surface area contributed by atoms with Gasteiger partial charge in [-0.1, -0.05) is 12.1 Å². The van der Waals surface area contributed by atoms with Crippen LogP contribution in [0.3, 0.4) is 0 Å². The van der Waals surface area contributed by atoms with Crippen LogP contribution in [0.4, 0.5) is 11.5 Å². The van der Waals surface area contributed by atoms with E-state index in [1.54, 1.807) is 6.33 Å². The number of nitrogens with zero attached hydrogens (tertiary/aromatic N) is 3. The largest absolute Gasteiger partial charge is 0.492 e. The molecule has 1 saturated heterocycles. The van der Waals surface area contributed by atoms with Gasteiger partial charge in [-0.3, -0.25) is 4.79 Å². The SMILES string of the molecule is CCOc1ccccc1NC(=O)c1sc2ncnc(N3CCCC[C@@H]3C)c2c1C. The predicted molar refractivity (Wildman–Crippen MR) is 118 cm³/mol. The summed E-state index contributed by atoms with van der Waals surface area (Å²) in [4.78, 5) is 26.0. The Hall–Kier alpha value is -2.67. The molecule has 29 heavy (non-hydrogen) atoms. The van der Waals surface area contributed by atoms with Gasteiger partial charge in [-0.15, -0.1) is 11.3 Å². The lowest BCUT2D eigenvalue weighted by Crippen LogP contribution is -2.38. The molecule has 0 unspecified atom stereocenters. The summed E-state index contributed by atoms with van der Waals surface area (Å²) in [5.74, 6) is 1.48. The highest BCUT2D eigenvalue weighted by atomic mass is 32.1. The van der Waals surface area contributed by atoms with Crippen LogP contribution in [0.2, 0.25) is 0 Å². The van der Waals surface area contributed by atoms with Gasteiger partial charge in [0.05, 0.1) is 22.6 Å². The zero-order valence-corrected chi connectivity index (χ0v) is 17.9. The standard InChI is InChI=1S/C22H26N4O2S/c1-4-28-17-11-6-5-10-16(17)25-21(27)19-15(3)18-20(23-13-24-22(18)29-19)26-12-8-7-9-14(26)2/h5-6,10-11,13-14H,4,7-9,12H2,1-3H3,(H,25,27)/t14-/m0/s1. The van der Waals surface area contributed by atoms with Crippen LogP contribution in [0.5, 0.6) is 5.75 Å². The Morgan fingerprint density at radius 3 is 2.93 bits per heavy atom. The fourth-order valence-electron chi connectivity index (χ4n) is 3.93. The highest BCUT2D eigenvalue weighted by Gasteiger charge is 2.26. The number of fused-ring (bicyclic) bond motifs is 1. The van der Waals surface area contributed by atoms with Crippen LogP contribution in [-0.2, 0) is 0 Å². The monoisotopic (exact) mass is 410 g/mol. The first-order valence-electron chi connectivity index (χ1n) is 10.1. The molecule has 0 saturated carbocycles. The molecule has 0 aliphatic carbocycles. The molecule has 152 valence electrons. The average molecular weight is 411 g/mol. The smallest absolute Gasteiger partial charge is 0.266 e. The van der Waals surface area contributed by atoms with Crippen molar-refractivity contribution in [2.45, 2.75) is 46.1 Å². The Morgan fingerprint density at radius 2 is 2.14 bits per heavy atom. The van der Waals surface area contributed by atoms with Crippen molar-refractivity contribution in [3.8, 4) is 5.75 Å². The van der Waals surface area contributed by atoms with E-state index < -0.39 is 0 Å². The van der Waals surface area contributed by atoms with E-state index in [1.807, 2.05) is 38.1 Å². The van der Waals surface area contributed by atoms with Crippen molar-refractivity contribution in [1.29, 1.82) is 0 Å². The number of thiophene rings is 1. The number of benzene rings is 1. The lowest BCUT2D eigenvalue weighted by Gasteiger charge is -2.34. The third kappa shape index (κ3) is 3.79. The second kappa shape index (κ2) is 8.37. The number of carbonyl (C=O) groups is 1. The van der Waals surface area contributed by atoms with Crippen LogP contribution in [0.1, 0.15) is 48.3 Å². The van der Waals surface area contributed by atoms with Gasteiger partial charge in [0.25, 0.3) is 5.91 Å². The quantitative estimate of drug-likeness (QED) is 0.639. The van der Waals surface area contributed by atoms with E-state index in [9.17, 15) is 4.79 Å². The molecule has 1 atom stereocenters. The summed E-state index contributed by atoms with van der Waals surface area (Å²) in [7, 11) is 0. The second-order valence-electron chi connectivity index (χ2n) is 7.36. The first-order valence-corrected chi connectivity index (χ1v) is 11.0. The van der Waals surface area contributed by atoms with Crippen molar-refractivity contribution >= 4 is 39.0 Å². The van der Waals surface area contributed by atoms with Gasteiger partial charge in [0.15, 0.2) is 0 Å². The molecular formula is C22H26N4O2S. The third-order valence-electron chi connectivity index (χ3n) is 5.42. The lowest BCUT2D eigenvalue weighted by atomic mass is 10.0. The summed E-state index contributed by atoms with van der Waals surface area (Å²) in [6.45, 7) is 7.70. The summed E-state index contributed by atoms with van der Waals surface area (Å²) in [6.07, 6.45) is 5.19. The topological polar surface area (TPSA) is 67.3 Å². The molecule has 7 heteroatoms. The maximum atomic E-state index is 13.1. The maximum Gasteiger partial charge on any atom is 0.266 e. The Bertz CT molecular complexity index is 1030. The number of carbonyl (C=O) groups excluding carboxylic acids is 1. The van der Waals surface area contributed by atoms with Crippen LogP contribution >= 0.6 is 11.3 Å². The minimum atomic E-state index is -0.143. The highest BCUT2D eigenvalue weighted by molar-refractivity contribution is 7.20. The number of ether oxygens (including phenoxy) is 1. The third-order valence-corrected chi connectivity index (χ3v) is 6.62. The Balaban J connectivity index is 1.69. The van der Waals surface area contributed by atoms with Crippen molar-refractivity contribution in [3.05, 3.63) is 41.0 Å². The van der Waals surface area contributed by atoms with E-state index in [2.05, 4.69) is 27.1 Å². The first-order chi connectivity index (χ1) is 14.1. The number of anilines is 2. The zero-order chi connectivity index (χ0) is 20.4. The molecule has 0 bridgehead atoms. The van der Waals surface area contributed by atoms with E-state index in [4.69, 9.17) is 4.74 Å². The Kier molecular flexibility index (Phi) is 5.67. The molecule has 1 aliphatic heterocycles. The number of aromatic nitrogens is 2. The van der Waals surface area contributed by atoms with Crippen LogP contribution in [0.15, 0.2) is 30.6 Å². The predicted octanol–water partition coefficient (Wildman–Crippen LogP) is 5.03. The van der Waals surface area contributed by atoms with Gasteiger partial charge in [0, 0.05) is 12.6 Å². The second-order valence-corrected chi connectivity index (χ2v) is 8.35. The summed E-state index contributed by atoms with van der Waals surface area (Å²) < 4.78 is 5.63. The Labute approximate surface area is 174 Å². The van der Waals surface area contributed by atoms with Gasteiger partial charge in [0.2, 0.25) is 0 Å². The first kappa shape index (κ1) is 19.6. The van der Waals surface area contributed by atoms with E-state index in [1.165, 1.54) is 24.2 Å². The van der Waals surface area contributed by atoms with Crippen LogP contribution in [-0.4, -0.2) is 35.1 Å². The van der Waals surface area contributed by atoms with Crippen molar-refractivity contribution in [3.63, 3.8) is 0 Å². The molecule has 4 rings (SSSR count). The van der Waals surface area contributed by atoms with Gasteiger partial charge < -0.3 is 15.0 Å². The van der Waals surface area contributed by atoms with Crippen LogP contribution in [0.25, 0.3) is 10.2 Å². The number of para-hydroxylation sites is 2. The summed E-state index contributed by atoms with van der Waals surface area (Å²) >= 11 is 1.42. The van der Waals surface area contributed by atoms with Crippen molar-refractivity contribution in [1.82, 2.24) is 9.97 Å². The molecule has 6 nitrogen and oxygen atoms in total. The average Bonchev–Trinajstić information content (AvgIpc) is 3.07. The van der Waals surface area contributed by atoms with E-state index in [0.717, 1.165) is 34.6 Å². The number of rotatable bonds is 5. The van der Waals surface area contributed by atoms with Gasteiger partial charge in [-0.25, -0.2) is 9.97 Å². The lowest BCUT2D eigenvalue weighted by molar-refractivity contribution is 0.102. The molecule has 0 radical (unpaired) electrons. The number of hydrogen-bond donors (Lipinski definition) is 1. The summed E-state index contributed by atoms with van der Waals surface area (Å²) in [5.41, 5.74) is 1.61. The van der Waals surface area contributed by atoms with Gasteiger partial charge >= 0.3 is 0 Å². The fraction of sp³-hybridized carbons (Fsp3) is 0.409. The van der Waals surface area contributed by atoms with Gasteiger partial charge in [-0.2, -0.15) is 0 Å². The Morgan fingerprint density at radius 1 is 1.31 bits per heavy atom. The zero-order valence-electron chi connectivity index (χ0n) is 17.1. The molecule has 3 heterocycles. The normalized spacial score (nSPS) is 16.8. The fourth-order valence-corrected chi connectivity index (χ4v) is 4.97. The molecule has 2 aromatic heterocycles. The van der Waals surface area contributed by atoms with E-state index >= 15 is 0 Å². The van der Waals surface area contributed by atoms with Crippen molar-refractivity contribution in [2.75, 3.05) is 23.4 Å².